The van der Waals surface area contributed by atoms with Crippen LogP contribution in [0.4, 0.5) is 0 Å². The monoisotopic (exact) mass is 267 g/mol. The van der Waals surface area contributed by atoms with Gasteiger partial charge in [0.1, 0.15) is 5.01 Å². The highest BCUT2D eigenvalue weighted by molar-refractivity contribution is 7.09. The van der Waals surface area contributed by atoms with E-state index in [1.165, 1.54) is 0 Å². The molecule has 0 radical (unpaired) electrons. The van der Waals surface area contributed by atoms with Crippen LogP contribution in [-0.4, -0.2) is 16.9 Å². The van der Waals surface area contributed by atoms with Crippen LogP contribution >= 0.6 is 11.3 Å². The second-order valence-corrected chi connectivity index (χ2v) is 6.06. The van der Waals surface area contributed by atoms with E-state index in [1.54, 1.807) is 11.3 Å². The summed E-state index contributed by atoms with van der Waals surface area (Å²) in [6.45, 7) is 3.96. The lowest BCUT2D eigenvalue weighted by Crippen LogP contribution is -2.37. The Morgan fingerprint density at radius 3 is 2.72 bits per heavy atom. The molecule has 1 aliphatic carbocycles. The minimum atomic E-state index is 0.00630. The lowest BCUT2D eigenvalue weighted by molar-refractivity contribution is -0.126. The maximum absolute atomic E-state index is 12.1. The molecule has 5 heteroatoms. The third-order valence-electron chi connectivity index (χ3n) is 3.51. The van der Waals surface area contributed by atoms with Gasteiger partial charge in [-0.3, -0.25) is 4.79 Å². The molecule has 1 fully saturated rings. The van der Waals surface area contributed by atoms with Crippen molar-refractivity contribution in [2.75, 3.05) is 0 Å². The van der Waals surface area contributed by atoms with E-state index in [4.69, 9.17) is 5.73 Å². The van der Waals surface area contributed by atoms with E-state index in [0.29, 0.717) is 0 Å². The van der Waals surface area contributed by atoms with Gasteiger partial charge in [-0.1, -0.05) is 0 Å². The van der Waals surface area contributed by atoms with Crippen molar-refractivity contribution in [3.63, 3.8) is 0 Å². The van der Waals surface area contributed by atoms with E-state index in [0.717, 1.165) is 36.4 Å². The van der Waals surface area contributed by atoms with Crippen molar-refractivity contribution in [1.29, 1.82) is 0 Å². The number of hydrogen-bond acceptors (Lipinski definition) is 4. The molecule has 100 valence electrons. The first-order valence-corrected chi connectivity index (χ1v) is 7.42. The minimum absolute atomic E-state index is 0.00630. The summed E-state index contributed by atoms with van der Waals surface area (Å²) in [6.07, 6.45) is 3.75. The number of nitrogens with one attached hydrogen (secondary N) is 1. The number of carbonyl (C=O) groups excluding carboxylic acids is 1. The summed E-state index contributed by atoms with van der Waals surface area (Å²) in [7, 11) is 0. The predicted octanol–water partition coefficient (Wildman–Crippen LogP) is 2.15. The first-order chi connectivity index (χ1) is 8.56. The zero-order valence-corrected chi connectivity index (χ0v) is 11.8. The normalized spacial score (nSPS) is 25.7. The second-order valence-electron chi connectivity index (χ2n) is 5.17. The van der Waals surface area contributed by atoms with Crippen LogP contribution in [0.3, 0.4) is 0 Å². The number of rotatable bonds is 3. The zero-order valence-electron chi connectivity index (χ0n) is 11.0. The molecule has 1 aromatic rings. The molecule has 1 aliphatic rings. The average molecular weight is 267 g/mol. The van der Waals surface area contributed by atoms with Gasteiger partial charge in [0, 0.05) is 23.0 Å². The molecule has 18 heavy (non-hydrogen) atoms. The molecule has 0 bridgehead atoms. The van der Waals surface area contributed by atoms with E-state index >= 15 is 0 Å². The maximum atomic E-state index is 12.1. The largest absolute Gasteiger partial charge is 0.347 e. The first kappa shape index (κ1) is 13.5. The van der Waals surface area contributed by atoms with Gasteiger partial charge in [-0.2, -0.15) is 0 Å². The fraction of sp³-hybridized carbons (Fsp3) is 0.692. The van der Waals surface area contributed by atoms with E-state index in [2.05, 4.69) is 10.3 Å². The van der Waals surface area contributed by atoms with Crippen molar-refractivity contribution in [1.82, 2.24) is 10.3 Å². The van der Waals surface area contributed by atoms with Crippen molar-refractivity contribution in [2.24, 2.45) is 11.7 Å². The minimum Gasteiger partial charge on any atom is -0.347 e. The molecular formula is C13H21N3OS. The molecule has 2 rings (SSSR count). The Kier molecular flexibility index (Phi) is 4.35. The summed E-state index contributed by atoms with van der Waals surface area (Å²) in [5.74, 6) is 0.288. The second kappa shape index (κ2) is 5.80. The van der Waals surface area contributed by atoms with Gasteiger partial charge >= 0.3 is 0 Å². The number of nitrogens with zero attached hydrogens (tertiary/aromatic N) is 1. The standard InChI is InChI=1S/C13H21N3OS/c1-8-7-18-13(15-8)9(2)16-12(17)10-3-5-11(14)6-4-10/h7,9-11H,3-6,14H2,1-2H3,(H,16,17). The SMILES string of the molecule is Cc1csc(C(C)NC(=O)C2CCC(N)CC2)n1. The molecule has 1 saturated carbocycles. The molecule has 0 saturated heterocycles. The van der Waals surface area contributed by atoms with Gasteiger partial charge in [0.15, 0.2) is 0 Å². The number of amides is 1. The summed E-state index contributed by atoms with van der Waals surface area (Å²) in [4.78, 5) is 16.5. The summed E-state index contributed by atoms with van der Waals surface area (Å²) >= 11 is 1.60. The van der Waals surface area contributed by atoms with Crippen LogP contribution in [0, 0.1) is 12.8 Å². The predicted molar refractivity (Wildman–Crippen MR) is 73.3 cm³/mol. The fourth-order valence-corrected chi connectivity index (χ4v) is 3.15. The molecule has 4 nitrogen and oxygen atoms in total. The van der Waals surface area contributed by atoms with Crippen LogP contribution < -0.4 is 11.1 Å². The van der Waals surface area contributed by atoms with Gasteiger partial charge in [0.2, 0.25) is 5.91 Å². The maximum Gasteiger partial charge on any atom is 0.223 e. The van der Waals surface area contributed by atoms with Crippen LogP contribution in [-0.2, 0) is 4.79 Å². The van der Waals surface area contributed by atoms with Crippen molar-refractivity contribution in [3.05, 3.63) is 16.1 Å². The van der Waals surface area contributed by atoms with Crippen LogP contribution in [0.1, 0.15) is 49.4 Å². The van der Waals surface area contributed by atoms with E-state index in [-0.39, 0.29) is 23.9 Å². The Morgan fingerprint density at radius 2 is 2.17 bits per heavy atom. The quantitative estimate of drug-likeness (QED) is 0.881. The molecule has 1 heterocycles. The van der Waals surface area contributed by atoms with Gasteiger partial charge in [-0.15, -0.1) is 11.3 Å². The number of carbonyl (C=O) groups is 1. The van der Waals surface area contributed by atoms with Gasteiger partial charge in [0.25, 0.3) is 0 Å². The highest BCUT2D eigenvalue weighted by Gasteiger charge is 2.25. The highest BCUT2D eigenvalue weighted by Crippen LogP contribution is 2.25. The average Bonchev–Trinajstić information content (AvgIpc) is 2.76. The Labute approximate surface area is 112 Å². The summed E-state index contributed by atoms with van der Waals surface area (Å²) in [5, 5.41) is 6.05. The zero-order chi connectivity index (χ0) is 13.1. The van der Waals surface area contributed by atoms with Crippen LogP contribution in [0.25, 0.3) is 0 Å². The third kappa shape index (κ3) is 3.29. The molecule has 1 aromatic heterocycles. The van der Waals surface area contributed by atoms with Gasteiger partial charge in [-0.05, 0) is 39.5 Å². The van der Waals surface area contributed by atoms with Crippen molar-refractivity contribution >= 4 is 17.2 Å². The smallest absolute Gasteiger partial charge is 0.223 e. The van der Waals surface area contributed by atoms with Gasteiger partial charge < -0.3 is 11.1 Å². The molecule has 0 aliphatic heterocycles. The van der Waals surface area contributed by atoms with Crippen LogP contribution in [0.5, 0.6) is 0 Å². The molecule has 3 N–H and O–H groups in total. The van der Waals surface area contributed by atoms with E-state index in [1.807, 2.05) is 19.2 Å². The van der Waals surface area contributed by atoms with Crippen molar-refractivity contribution < 1.29 is 4.79 Å². The molecule has 1 atom stereocenters. The first-order valence-electron chi connectivity index (χ1n) is 6.54. The van der Waals surface area contributed by atoms with Crippen LogP contribution in [0.15, 0.2) is 5.38 Å². The summed E-state index contributed by atoms with van der Waals surface area (Å²) in [6, 6.07) is 0.292. The fourth-order valence-electron chi connectivity index (χ4n) is 2.35. The molecule has 0 aromatic carbocycles. The Morgan fingerprint density at radius 1 is 1.50 bits per heavy atom. The molecule has 1 unspecified atom stereocenters. The van der Waals surface area contributed by atoms with Gasteiger partial charge in [-0.25, -0.2) is 4.98 Å². The van der Waals surface area contributed by atoms with Crippen LogP contribution in [0.2, 0.25) is 0 Å². The molecule has 1 amide bonds. The number of hydrogen-bond donors (Lipinski definition) is 2. The Balaban J connectivity index is 1.87. The lowest BCUT2D eigenvalue weighted by Gasteiger charge is -2.26. The van der Waals surface area contributed by atoms with E-state index < -0.39 is 0 Å². The highest BCUT2D eigenvalue weighted by atomic mass is 32.1. The number of nitrogens with two attached hydrogens (primary N) is 1. The molecule has 0 spiro atoms. The van der Waals surface area contributed by atoms with Gasteiger partial charge in [0.05, 0.1) is 6.04 Å². The topological polar surface area (TPSA) is 68.0 Å². The number of thiazole rings is 1. The summed E-state index contributed by atoms with van der Waals surface area (Å²) < 4.78 is 0. The third-order valence-corrected chi connectivity index (χ3v) is 4.65. The van der Waals surface area contributed by atoms with Crippen molar-refractivity contribution in [2.45, 2.75) is 51.6 Å². The van der Waals surface area contributed by atoms with Crippen molar-refractivity contribution in [3.8, 4) is 0 Å². The van der Waals surface area contributed by atoms with E-state index in [9.17, 15) is 4.79 Å². The summed E-state index contributed by atoms with van der Waals surface area (Å²) in [5.41, 5.74) is 6.87. The number of aromatic nitrogens is 1. The Hall–Kier alpha value is -0.940. The Bertz CT molecular complexity index is 410. The number of aryl methyl sites for hydroxylation is 1. The lowest BCUT2D eigenvalue weighted by atomic mass is 9.86. The molecular weight excluding hydrogens is 246 g/mol.